The molecule has 0 spiro atoms. The number of hydrogen-bond acceptors (Lipinski definition) is 2. The number of benzene rings is 1. The fraction of sp³-hybridized carbons (Fsp3) is 0.625. The van der Waals surface area contributed by atoms with E-state index >= 15 is 0 Å². The van der Waals surface area contributed by atoms with Crippen LogP contribution in [0.3, 0.4) is 0 Å². The summed E-state index contributed by atoms with van der Waals surface area (Å²) < 4.78 is 14.0. The Morgan fingerprint density at radius 3 is 2.90 bits per heavy atom. The predicted molar refractivity (Wildman–Crippen MR) is 85.0 cm³/mol. The Bertz CT molecular complexity index is 409. The second-order valence-corrected chi connectivity index (χ2v) is 5.53. The molecule has 1 aromatic carbocycles. The first kappa shape index (κ1) is 17.4. The Hall–Kier alpha value is -0.640. The highest BCUT2D eigenvalue weighted by atomic mass is 35.5. The van der Waals surface area contributed by atoms with E-state index in [0.29, 0.717) is 5.92 Å². The topological polar surface area (TPSA) is 15.3 Å². The first-order valence-electron chi connectivity index (χ1n) is 7.37. The van der Waals surface area contributed by atoms with Gasteiger partial charge < -0.3 is 5.32 Å². The normalized spacial score (nSPS) is 19.6. The minimum absolute atomic E-state index is 0. The van der Waals surface area contributed by atoms with Crippen molar-refractivity contribution < 1.29 is 4.39 Å². The molecule has 1 N–H and O–H groups in total. The lowest BCUT2D eigenvalue weighted by atomic mass is 9.96. The molecule has 4 heteroatoms. The SMILES string of the molecule is CCc1cccc(F)c1CN1CCCC(CNC)C1.Cl. The molecule has 0 aromatic heterocycles. The van der Waals surface area contributed by atoms with Crippen LogP contribution in [0.1, 0.15) is 30.9 Å². The van der Waals surface area contributed by atoms with Crippen molar-refractivity contribution in [1.82, 2.24) is 10.2 Å². The van der Waals surface area contributed by atoms with Gasteiger partial charge in [0.05, 0.1) is 0 Å². The minimum atomic E-state index is -0.0462. The van der Waals surface area contributed by atoms with Crippen molar-refractivity contribution in [3.05, 3.63) is 35.1 Å². The van der Waals surface area contributed by atoms with Gasteiger partial charge in [-0.25, -0.2) is 4.39 Å². The molecule has 0 bridgehead atoms. The summed E-state index contributed by atoms with van der Waals surface area (Å²) in [5.41, 5.74) is 2.05. The molecule has 0 amide bonds. The average Bonchev–Trinajstić information content (AvgIpc) is 2.42. The summed E-state index contributed by atoms with van der Waals surface area (Å²) in [5.74, 6) is 0.658. The molecular formula is C16H26ClFN2. The molecule has 2 rings (SSSR count). The highest BCUT2D eigenvalue weighted by Crippen LogP contribution is 2.21. The highest BCUT2D eigenvalue weighted by Gasteiger charge is 2.21. The van der Waals surface area contributed by atoms with E-state index < -0.39 is 0 Å². The van der Waals surface area contributed by atoms with E-state index in [0.717, 1.165) is 43.7 Å². The molecule has 1 aliphatic rings. The van der Waals surface area contributed by atoms with Gasteiger partial charge in [-0.1, -0.05) is 19.1 Å². The number of nitrogens with one attached hydrogen (secondary N) is 1. The predicted octanol–water partition coefficient (Wildman–Crippen LogP) is 3.24. The molecule has 1 aromatic rings. The van der Waals surface area contributed by atoms with Crippen LogP contribution >= 0.6 is 12.4 Å². The van der Waals surface area contributed by atoms with Gasteiger partial charge in [-0.2, -0.15) is 0 Å². The molecule has 0 saturated carbocycles. The summed E-state index contributed by atoms with van der Waals surface area (Å²) in [4.78, 5) is 2.41. The Labute approximate surface area is 128 Å². The number of hydrogen-bond donors (Lipinski definition) is 1. The van der Waals surface area contributed by atoms with Gasteiger partial charge in [0.1, 0.15) is 5.82 Å². The van der Waals surface area contributed by atoms with E-state index in [1.54, 1.807) is 6.07 Å². The number of aryl methyl sites for hydroxylation is 1. The molecule has 0 aliphatic carbocycles. The zero-order valence-corrected chi connectivity index (χ0v) is 13.3. The van der Waals surface area contributed by atoms with Crippen LogP contribution in [0.15, 0.2) is 18.2 Å². The van der Waals surface area contributed by atoms with E-state index in [-0.39, 0.29) is 18.2 Å². The number of nitrogens with zero attached hydrogens (tertiary/aromatic N) is 1. The fourth-order valence-corrected chi connectivity index (χ4v) is 3.09. The van der Waals surface area contributed by atoms with Gasteiger partial charge >= 0.3 is 0 Å². The lowest BCUT2D eigenvalue weighted by Crippen LogP contribution is -2.38. The summed E-state index contributed by atoms with van der Waals surface area (Å²) in [6.45, 7) is 6.10. The van der Waals surface area contributed by atoms with Gasteiger partial charge in [-0.15, -0.1) is 12.4 Å². The molecule has 114 valence electrons. The maximum Gasteiger partial charge on any atom is 0.127 e. The maximum atomic E-state index is 14.0. The van der Waals surface area contributed by atoms with Crippen LogP contribution in [0.5, 0.6) is 0 Å². The number of likely N-dealkylation sites (tertiary alicyclic amines) is 1. The van der Waals surface area contributed by atoms with Crippen LogP contribution in [0.25, 0.3) is 0 Å². The molecule has 1 saturated heterocycles. The zero-order chi connectivity index (χ0) is 13.7. The van der Waals surface area contributed by atoms with E-state index in [1.165, 1.54) is 12.8 Å². The van der Waals surface area contributed by atoms with Gasteiger partial charge in [-0.05, 0) is 56.9 Å². The fourth-order valence-electron chi connectivity index (χ4n) is 3.09. The molecule has 1 aliphatic heterocycles. The maximum absolute atomic E-state index is 14.0. The highest BCUT2D eigenvalue weighted by molar-refractivity contribution is 5.85. The average molecular weight is 301 g/mol. The second kappa shape index (κ2) is 8.60. The smallest absolute Gasteiger partial charge is 0.127 e. The number of halogens is 2. The molecule has 1 heterocycles. The van der Waals surface area contributed by atoms with Crippen molar-refractivity contribution in [1.29, 1.82) is 0 Å². The summed E-state index contributed by atoms with van der Waals surface area (Å²) in [5, 5.41) is 3.26. The van der Waals surface area contributed by atoms with E-state index in [4.69, 9.17) is 0 Å². The zero-order valence-electron chi connectivity index (χ0n) is 12.5. The van der Waals surface area contributed by atoms with Crippen LogP contribution < -0.4 is 5.32 Å². The van der Waals surface area contributed by atoms with E-state index in [9.17, 15) is 4.39 Å². The minimum Gasteiger partial charge on any atom is -0.319 e. The molecule has 1 atom stereocenters. The van der Waals surface area contributed by atoms with Gasteiger partial charge in [0.15, 0.2) is 0 Å². The summed E-state index contributed by atoms with van der Waals surface area (Å²) >= 11 is 0. The van der Waals surface area contributed by atoms with Gasteiger partial charge in [0, 0.05) is 18.7 Å². The van der Waals surface area contributed by atoms with Crippen LogP contribution in [-0.4, -0.2) is 31.6 Å². The second-order valence-electron chi connectivity index (χ2n) is 5.53. The van der Waals surface area contributed by atoms with Crippen molar-refractivity contribution in [2.45, 2.75) is 32.7 Å². The van der Waals surface area contributed by atoms with Gasteiger partial charge in [-0.3, -0.25) is 4.90 Å². The Morgan fingerprint density at radius 1 is 1.40 bits per heavy atom. The van der Waals surface area contributed by atoms with Crippen LogP contribution in [0, 0.1) is 11.7 Å². The molecular weight excluding hydrogens is 275 g/mol. The Kier molecular flexibility index (Phi) is 7.49. The van der Waals surface area contributed by atoms with Gasteiger partial charge in [0.2, 0.25) is 0 Å². The van der Waals surface area contributed by atoms with Crippen LogP contribution in [-0.2, 0) is 13.0 Å². The Balaban J connectivity index is 0.00000200. The summed E-state index contributed by atoms with van der Waals surface area (Å²) in [6, 6.07) is 5.45. The summed E-state index contributed by atoms with van der Waals surface area (Å²) in [6.07, 6.45) is 3.42. The molecule has 1 unspecified atom stereocenters. The van der Waals surface area contributed by atoms with Crippen molar-refractivity contribution in [3.8, 4) is 0 Å². The monoisotopic (exact) mass is 300 g/mol. The Morgan fingerprint density at radius 2 is 2.20 bits per heavy atom. The largest absolute Gasteiger partial charge is 0.319 e. The van der Waals surface area contributed by atoms with Crippen LogP contribution in [0.2, 0.25) is 0 Å². The molecule has 2 nitrogen and oxygen atoms in total. The number of rotatable bonds is 5. The lowest BCUT2D eigenvalue weighted by molar-refractivity contribution is 0.165. The third-order valence-corrected chi connectivity index (χ3v) is 4.07. The first-order valence-corrected chi connectivity index (χ1v) is 7.37. The van der Waals surface area contributed by atoms with Crippen molar-refractivity contribution in [2.24, 2.45) is 5.92 Å². The van der Waals surface area contributed by atoms with E-state index in [2.05, 4.69) is 17.1 Å². The standard InChI is InChI=1S/C16H25FN2.ClH/c1-3-14-7-4-8-16(17)15(14)12-19-9-5-6-13(11-19)10-18-2;/h4,7-8,13,18H,3,5-6,9-12H2,1-2H3;1H. The molecule has 20 heavy (non-hydrogen) atoms. The van der Waals surface area contributed by atoms with Crippen LogP contribution in [0.4, 0.5) is 4.39 Å². The quantitative estimate of drug-likeness (QED) is 0.898. The number of piperidine rings is 1. The van der Waals surface area contributed by atoms with Crippen molar-refractivity contribution in [3.63, 3.8) is 0 Å². The molecule has 1 fully saturated rings. The van der Waals surface area contributed by atoms with Crippen molar-refractivity contribution >= 4 is 12.4 Å². The first-order chi connectivity index (χ1) is 9.24. The van der Waals surface area contributed by atoms with E-state index in [1.807, 2.05) is 19.2 Å². The summed E-state index contributed by atoms with van der Waals surface area (Å²) in [7, 11) is 2.00. The van der Waals surface area contributed by atoms with Crippen molar-refractivity contribution in [2.75, 3.05) is 26.7 Å². The molecule has 0 radical (unpaired) electrons. The third-order valence-electron chi connectivity index (χ3n) is 4.07. The lowest BCUT2D eigenvalue weighted by Gasteiger charge is -2.33. The third kappa shape index (κ3) is 4.44. The van der Waals surface area contributed by atoms with Gasteiger partial charge in [0.25, 0.3) is 0 Å².